The number of carbonyl (C=O) groups excluding carboxylic acids is 12. The van der Waals surface area contributed by atoms with Crippen molar-refractivity contribution >= 4 is 132 Å². The van der Waals surface area contributed by atoms with Gasteiger partial charge in [-0.3, -0.25) is 107 Å². The second-order valence-corrected chi connectivity index (χ2v) is 28.2. The number of nitrogens with two attached hydrogens (primary N) is 2. The number of amides is 12. The number of carboxylic acids is 5. The molecule has 0 spiro atoms. The fourth-order valence-corrected chi connectivity index (χ4v) is 12.9. The molecular weight excluding hydrogens is 1610 g/mol. The molecule has 10 atom stereocenters. The van der Waals surface area contributed by atoms with E-state index >= 15 is 0 Å². The maximum absolute atomic E-state index is 14.3. The average Bonchev–Trinajstić information content (AvgIpc) is 1.46. The summed E-state index contributed by atoms with van der Waals surface area (Å²) < 4.78 is 0. The fraction of sp³-hybridized carbons (Fsp3) is 0.569. The number of phenols is 2. The Labute approximate surface area is 690 Å². The van der Waals surface area contributed by atoms with E-state index in [1.807, 2.05) is 0 Å². The summed E-state index contributed by atoms with van der Waals surface area (Å²) in [4.78, 5) is 231. The molecule has 0 aromatic heterocycles. The zero-order chi connectivity index (χ0) is 86.3. The number of hydrogen-bond acceptors (Lipinski definition) is 24. The van der Waals surface area contributed by atoms with Gasteiger partial charge in [0, 0.05) is 91.1 Å². The summed E-state index contributed by atoms with van der Waals surface area (Å²) in [6.07, 6.45) is -3.64. The third-order valence-corrected chi connectivity index (χ3v) is 19.1. The van der Waals surface area contributed by atoms with E-state index in [2.05, 4.69) is 74.4 Å². The van der Waals surface area contributed by atoms with Gasteiger partial charge in [-0.15, -0.1) is 0 Å². The first kappa shape index (κ1) is 98.4. The largest absolute Gasteiger partial charge is 3.00 e. The van der Waals surface area contributed by atoms with Crippen LogP contribution in [0.2, 0.25) is 0 Å². The Morgan fingerprint density at radius 2 is 0.703 bits per heavy atom. The topological polar surface area (TPSA) is 710 Å². The van der Waals surface area contributed by atoms with E-state index in [9.17, 15) is 117 Å². The van der Waals surface area contributed by atoms with Crippen molar-refractivity contribution in [3.05, 3.63) is 59.7 Å². The number of rotatable bonds is 38. The first-order valence-electron chi connectivity index (χ1n) is 38.1. The summed E-state index contributed by atoms with van der Waals surface area (Å²) in [6, 6.07) is -4.06. The van der Waals surface area contributed by atoms with Crippen molar-refractivity contribution in [3.8, 4) is 11.5 Å². The number of phenolic OH excluding ortho intramolecular Hbond substituents is 2. The summed E-state index contributed by atoms with van der Waals surface area (Å²) in [7, 11) is 0. The van der Waals surface area contributed by atoms with Crippen LogP contribution in [0.25, 0.3) is 0 Å². The van der Waals surface area contributed by atoms with E-state index in [-0.39, 0.29) is 211 Å². The summed E-state index contributed by atoms with van der Waals surface area (Å²) in [5.41, 5.74) is 11.6. The van der Waals surface area contributed by atoms with Crippen molar-refractivity contribution < 1.29 is 117 Å². The molecule has 0 radical (unpaired) electrons. The molecule has 2 aromatic carbocycles. The Bertz CT molecular complexity index is 3610. The van der Waals surface area contributed by atoms with Gasteiger partial charge in [0.1, 0.15) is 71.9 Å². The van der Waals surface area contributed by atoms with Gasteiger partial charge in [-0.2, -0.15) is 0 Å². The van der Waals surface area contributed by atoms with Gasteiger partial charge in [0.05, 0.1) is 32.5 Å². The molecule has 0 saturated carbocycles. The summed E-state index contributed by atoms with van der Waals surface area (Å²) in [5.74, 6) is -19.0. The van der Waals surface area contributed by atoms with Crippen LogP contribution in [0.4, 0.5) is 0 Å². The van der Waals surface area contributed by atoms with E-state index in [0.717, 1.165) is 0 Å². The van der Waals surface area contributed by atoms with Crippen LogP contribution < -0.4 is 85.9 Å². The summed E-state index contributed by atoms with van der Waals surface area (Å²) in [6.45, 7) is -2.38. The Balaban J connectivity index is 0.0000293. The quantitative estimate of drug-likeness (QED) is 0.0128. The zero-order valence-corrected chi connectivity index (χ0v) is 67.4. The van der Waals surface area contributed by atoms with E-state index in [1.54, 1.807) is 0 Å². The standard InChI is InChI=1S/C72H107N21O24.Ga/c73-71(74)79-25-5-9-44-61(106)81-37-56(98)83-50(35-58(100)101)67(112)89-48(33-40-11-15-42(94)16-12-40)65(110)87-46(63(108)85-44)7-1-3-23-77-54(96)21-19-52(69(114)115)92-29-27-91(39-60(104)105)28-30-93(32-31-92)53(70(116)117)20-22-55(97)78-24-4-2-8-47-64(109)86-45(10-6-26-80-72(75)76)62(107)82-38-57(99)84-51(36-59(102)103)68(113)90-49(66(111)88-47)34-41-13-17-43(95)18-14-41;/h11-18,44-53,94-95H,1-10,19-39H2,(H,77,96)(H,78,97)(H,81,106)(H,82,107)(H,83,98)(H,84,99)(H,85,108)(H,86,109)(H,87,110)(H,88,111)(H,89,112)(H,90,113)(H,100,101)(H,102,103)(H,104,105)(H,114,115)(H,116,117)(H4,73,74,79)(H4,75,76,80);/q;+3/t44-,45-,46-,47-,48+,49+,50-,51-,52?,53?;/m0./s1/i;1-2. The number of aromatic hydroxyl groups is 2. The van der Waals surface area contributed by atoms with Crippen molar-refractivity contribution in [2.24, 2.45) is 11.5 Å². The zero-order valence-electron chi connectivity index (χ0n) is 65.0. The van der Waals surface area contributed by atoms with Gasteiger partial charge in [0.2, 0.25) is 70.9 Å². The number of carboxylic acid groups (broad SMARTS) is 5. The number of benzene rings is 2. The monoisotopic (exact) mass is 1720 g/mol. The number of aliphatic carboxylic acids is 5. The molecule has 3 heterocycles. The van der Waals surface area contributed by atoms with Crippen molar-refractivity contribution in [1.82, 2.24) is 89.1 Å². The summed E-state index contributed by atoms with van der Waals surface area (Å²) in [5, 5.41) is 120. The van der Waals surface area contributed by atoms with Crippen LogP contribution in [-0.2, 0) is 94.3 Å². The Kier molecular flexibility index (Phi) is 42.7. The predicted octanol–water partition coefficient (Wildman–Crippen LogP) is -7.84. The third-order valence-electron chi connectivity index (χ3n) is 19.1. The minimum absolute atomic E-state index is 0. The molecule has 3 saturated heterocycles. The Morgan fingerprint density at radius 1 is 0.398 bits per heavy atom. The number of hydrogen-bond donors (Lipinski definition) is 25. The van der Waals surface area contributed by atoms with Crippen molar-refractivity contribution in [1.29, 1.82) is 10.8 Å². The predicted molar refractivity (Wildman–Crippen MR) is 416 cm³/mol. The first-order chi connectivity index (χ1) is 55.5. The molecule has 644 valence electrons. The second kappa shape index (κ2) is 51.2. The molecule has 2 aromatic rings. The molecule has 12 amide bonds. The number of carbonyl (C=O) groups is 17. The molecule has 3 aliphatic heterocycles. The molecular formula is C72H107GaN21O24+3. The normalized spacial score (nSPS) is 21.3. The number of unbranched alkanes of at least 4 members (excludes halogenated alkanes) is 2. The molecule has 3 fully saturated rings. The van der Waals surface area contributed by atoms with Gasteiger partial charge in [0.15, 0.2) is 11.9 Å². The molecule has 45 nitrogen and oxygen atoms in total. The van der Waals surface area contributed by atoms with Crippen LogP contribution in [0, 0.1) is 10.8 Å². The number of nitrogens with zero attached hydrogens (tertiary/aromatic N) is 3. The third kappa shape index (κ3) is 36.9. The van der Waals surface area contributed by atoms with Crippen molar-refractivity contribution in [2.45, 2.75) is 176 Å². The minimum Gasteiger partial charge on any atom is -0.508 e. The Hall–Kier alpha value is -11.9. The summed E-state index contributed by atoms with van der Waals surface area (Å²) >= 11 is 0. The molecule has 27 N–H and O–H groups in total. The Morgan fingerprint density at radius 3 is 1.03 bits per heavy atom. The van der Waals surface area contributed by atoms with Crippen LogP contribution >= 0.6 is 0 Å². The molecule has 3 aliphatic rings. The number of guanidine groups is 2. The fourth-order valence-electron chi connectivity index (χ4n) is 12.9. The average molecular weight is 1720 g/mol. The van der Waals surface area contributed by atoms with Gasteiger partial charge in [-0.05, 0) is 112 Å². The van der Waals surface area contributed by atoms with Gasteiger partial charge in [-0.1, -0.05) is 24.3 Å². The maximum Gasteiger partial charge on any atom is 3.00 e. The molecule has 0 bridgehead atoms. The van der Waals surface area contributed by atoms with Gasteiger partial charge in [-0.25, -0.2) is 0 Å². The molecule has 118 heavy (non-hydrogen) atoms. The van der Waals surface area contributed by atoms with Crippen LogP contribution in [0.3, 0.4) is 0 Å². The van der Waals surface area contributed by atoms with Gasteiger partial charge < -0.3 is 122 Å². The van der Waals surface area contributed by atoms with Crippen molar-refractivity contribution in [3.63, 3.8) is 0 Å². The molecule has 5 rings (SSSR count). The first-order valence-corrected chi connectivity index (χ1v) is 38.1. The van der Waals surface area contributed by atoms with E-state index in [4.69, 9.17) is 22.3 Å². The van der Waals surface area contributed by atoms with Crippen LogP contribution in [0.15, 0.2) is 48.5 Å². The van der Waals surface area contributed by atoms with E-state index in [0.29, 0.717) is 11.1 Å². The molecule has 2 unspecified atom stereocenters. The second-order valence-electron chi connectivity index (χ2n) is 28.2. The van der Waals surface area contributed by atoms with Crippen molar-refractivity contribution in [2.75, 3.05) is 85.1 Å². The van der Waals surface area contributed by atoms with E-state index in [1.165, 1.54) is 63.2 Å². The van der Waals surface area contributed by atoms with Gasteiger partial charge >= 0.3 is 49.6 Å². The van der Waals surface area contributed by atoms with Crippen LogP contribution in [-0.4, -0.2) is 328 Å². The SMILES string of the molecule is N=C(N)NCCC[C@@H]1NC(=O)[C@H](CCCCNC(=O)CCC(C(=O)O)N2CCN(CC(=O)O)CCN(C(CCC(=O)NCCCC[C@@H]3NC(=O)[C@@H](Cc4ccc(O)cc4)NC(=O)[C@H](CC(=O)O)NC(=O)CNC(=O)[C@H](CCCNC(=N)N)NC3=O)C(=O)O)CC2)NC(=O)[C@@H](Cc2ccc(O)cc2)NC(=O)[C@H](CC(=O)O)NC(=O)CNC1=O.[68Ga+3]. The smallest absolute Gasteiger partial charge is 0.508 e. The van der Waals surface area contributed by atoms with Gasteiger partial charge in [0.25, 0.3) is 0 Å². The van der Waals surface area contributed by atoms with Crippen LogP contribution in [0.5, 0.6) is 11.5 Å². The molecule has 0 aliphatic carbocycles. The minimum atomic E-state index is -1.76. The van der Waals surface area contributed by atoms with E-state index < -0.39 is 194 Å². The molecule has 46 heteroatoms. The van der Waals surface area contributed by atoms with Crippen LogP contribution in [0.1, 0.15) is 114 Å². The maximum atomic E-state index is 14.3. The number of nitrogens with one attached hydrogen (secondary N) is 16.